The van der Waals surface area contributed by atoms with Gasteiger partial charge in [-0.25, -0.2) is 0 Å². The Balaban J connectivity index is 0.000000124. The zero-order valence-corrected chi connectivity index (χ0v) is 45.6. The van der Waals surface area contributed by atoms with Gasteiger partial charge < -0.3 is 0 Å². The molecule has 12 rings (SSSR count). The molecule has 9 fully saturated rings. The second-order valence-corrected chi connectivity index (χ2v) is 25.0. The highest BCUT2D eigenvalue weighted by Crippen LogP contribution is 2.41. The van der Waals surface area contributed by atoms with Gasteiger partial charge in [-0.1, -0.05) is 302 Å². The topological polar surface area (TPSA) is 7.76 Å². The SMILES string of the molecule is C1CCC(C2CCCCC2)CC1.C1CCC(C2CCCCC2)CC1.C1CCC(C2CCCCC2)CC1.C1CCC(C2CCCCC2)CC1.C1CCCCC1.C=C1c2cccc[n+]2C[n+]2ccccc21. The molecule has 10 aliphatic rings. The first-order valence-electron chi connectivity index (χ1n) is 31.9. The summed E-state index contributed by atoms with van der Waals surface area (Å²) in [4.78, 5) is 0. The fourth-order valence-corrected chi connectivity index (χ4v) is 15.9. The van der Waals surface area contributed by atoms with Gasteiger partial charge in [-0.15, -0.1) is 9.13 Å². The Hall–Kier alpha value is -1.96. The Bertz CT molecular complexity index is 1340. The Morgan fingerprint density at radius 3 is 0.609 bits per heavy atom. The molecule has 0 aromatic carbocycles. The molecule has 69 heavy (non-hydrogen) atoms. The first-order valence-corrected chi connectivity index (χ1v) is 31.9. The van der Waals surface area contributed by atoms with Crippen molar-refractivity contribution in [2.75, 3.05) is 0 Å². The van der Waals surface area contributed by atoms with Crippen molar-refractivity contribution < 1.29 is 9.13 Å². The maximum atomic E-state index is 4.16. The van der Waals surface area contributed by atoms with Gasteiger partial charge in [0.2, 0.25) is 11.4 Å². The van der Waals surface area contributed by atoms with E-state index >= 15 is 0 Å². The molecule has 0 spiro atoms. The summed E-state index contributed by atoms with van der Waals surface area (Å²) in [5, 5.41) is 0. The molecule has 0 bridgehead atoms. The van der Waals surface area contributed by atoms with Crippen LogP contribution in [0.5, 0.6) is 0 Å². The molecule has 2 aromatic heterocycles. The number of aromatic nitrogens is 2. The zero-order valence-electron chi connectivity index (χ0n) is 45.6. The number of hydrogen-bond acceptors (Lipinski definition) is 0. The summed E-state index contributed by atoms with van der Waals surface area (Å²) in [5.41, 5.74) is 3.48. The Kier molecular flexibility index (Phi) is 26.2. The predicted molar refractivity (Wildman–Crippen MR) is 297 cm³/mol. The highest BCUT2D eigenvalue weighted by molar-refractivity contribution is 5.70. The molecule has 0 radical (unpaired) electrons. The Morgan fingerprint density at radius 2 is 0.420 bits per heavy atom. The number of fused-ring (bicyclic) bond motifs is 2. The number of nitrogens with zero attached hydrogens (tertiary/aromatic N) is 2. The minimum absolute atomic E-state index is 0.866. The van der Waals surface area contributed by atoms with Gasteiger partial charge in [0.15, 0.2) is 12.4 Å². The maximum absolute atomic E-state index is 4.16. The first-order chi connectivity index (χ1) is 34.2. The number of pyridine rings is 2. The van der Waals surface area contributed by atoms with Crippen molar-refractivity contribution in [3.8, 4) is 0 Å². The molecule has 1 aliphatic heterocycles. The predicted octanol–water partition coefficient (Wildman–Crippen LogP) is 20.1. The molecule has 2 heteroatoms. The molecule has 9 saturated carbocycles. The van der Waals surface area contributed by atoms with Crippen molar-refractivity contribution in [3.63, 3.8) is 0 Å². The first kappa shape index (κ1) is 54.8. The molecule has 0 unspecified atom stereocenters. The third-order valence-corrected chi connectivity index (χ3v) is 20.2. The van der Waals surface area contributed by atoms with Gasteiger partial charge in [0.25, 0.3) is 0 Å². The summed E-state index contributed by atoms with van der Waals surface area (Å²) in [7, 11) is 0. The van der Waals surface area contributed by atoms with Crippen LogP contribution in [0.4, 0.5) is 0 Å². The van der Waals surface area contributed by atoms with E-state index in [-0.39, 0.29) is 0 Å². The van der Waals surface area contributed by atoms with Crippen molar-refractivity contribution in [1.29, 1.82) is 0 Å². The lowest BCUT2D eigenvalue weighted by Crippen LogP contribution is -2.58. The Morgan fingerprint density at radius 1 is 0.246 bits per heavy atom. The van der Waals surface area contributed by atoms with Crippen LogP contribution >= 0.6 is 0 Å². The molecule has 0 saturated heterocycles. The highest BCUT2D eigenvalue weighted by atomic mass is 15.2. The van der Waals surface area contributed by atoms with Crippen LogP contribution in [0.3, 0.4) is 0 Å². The molecule has 2 aromatic rings. The summed E-state index contributed by atoms with van der Waals surface area (Å²) in [6.45, 7) is 5.02. The van der Waals surface area contributed by atoms with E-state index in [0.29, 0.717) is 0 Å². The minimum Gasteiger partial charge on any atom is -0.139 e. The molecule has 2 nitrogen and oxygen atoms in total. The van der Waals surface area contributed by atoms with Gasteiger partial charge in [-0.3, -0.25) is 0 Å². The third-order valence-electron chi connectivity index (χ3n) is 20.2. The fraction of sp³-hybridized carbons (Fsp3) is 0.821. The summed E-state index contributed by atoms with van der Waals surface area (Å²) in [5.74, 6) is 9.10. The van der Waals surface area contributed by atoms with E-state index in [0.717, 1.165) is 59.6 Å². The summed E-state index contributed by atoms with van der Waals surface area (Å²) in [6.07, 6.45) is 74.7. The van der Waals surface area contributed by atoms with Crippen LogP contribution in [0.25, 0.3) is 5.57 Å². The van der Waals surface area contributed by atoms with E-state index in [1.165, 1.54) is 204 Å². The van der Waals surface area contributed by atoms with Gasteiger partial charge in [-0.05, 0) is 59.5 Å². The highest BCUT2D eigenvalue weighted by Gasteiger charge is 2.31. The van der Waals surface area contributed by atoms with Gasteiger partial charge in [0.05, 0.1) is 0 Å². The van der Waals surface area contributed by atoms with Crippen molar-refractivity contribution >= 4 is 5.57 Å². The standard InChI is InChI=1S/C13H12N2.4C12H22.C6H12/c1-11-12-6-2-4-8-14(12)10-15-9-5-3-7-13(11)15;4*1-3-7-11(8-4-1)12-9-5-2-6-10-12;1-2-4-6-5-3-1/h2-9H,1,10H2;4*11-12H,1-10H2;1-6H2/q+2;;;;;. The monoisotopic (exact) mass is 945 g/mol. The smallest absolute Gasteiger partial charge is 0.139 e. The van der Waals surface area contributed by atoms with Gasteiger partial charge in [0.1, 0.15) is 5.57 Å². The molecule has 3 heterocycles. The average molecular weight is 946 g/mol. The lowest BCUT2D eigenvalue weighted by Gasteiger charge is -2.32. The lowest BCUT2D eigenvalue weighted by atomic mass is 9.73. The summed E-state index contributed by atoms with van der Waals surface area (Å²) in [6, 6.07) is 12.4. The maximum Gasteiger partial charge on any atom is 0.344 e. The van der Waals surface area contributed by atoms with Crippen molar-refractivity contribution in [1.82, 2.24) is 0 Å². The number of rotatable bonds is 4. The molecule has 388 valence electrons. The van der Waals surface area contributed by atoms with E-state index in [1.807, 2.05) is 12.1 Å². The molecule has 9 aliphatic carbocycles. The van der Waals surface area contributed by atoms with E-state index in [2.05, 4.69) is 52.4 Å². The quantitative estimate of drug-likeness (QED) is 0.230. The van der Waals surface area contributed by atoms with Crippen LogP contribution in [0.2, 0.25) is 0 Å². The average Bonchev–Trinajstić information content (AvgIpc) is 3.46. The molecule has 0 amide bonds. The van der Waals surface area contributed by atoms with E-state index in [4.69, 9.17) is 0 Å². The van der Waals surface area contributed by atoms with Crippen molar-refractivity contribution in [2.45, 2.75) is 302 Å². The van der Waals surface area contributed by atoms with E-state index < -0.39 is 0 Å². The van der Waals surface area contributed by atoms with Crippen LogP contribution in [0, 0.1) is 47.3 Å². The van der Waals surface area contributed by atoms with Gasteiger partial charge >= 0.3 is 6.67 Å². The molecule has 0 N–H and O–H groups in total. The van der Waals surface area contributed by atoms with Crippen LogP contribution in [-0.2, 0) is 6.67 Å². The van der Waals surface area contributed by atoms with Crippen LogP contribution in [0.1, 0.15) is 307 Å². The second-order valence-electron chi connectivity index (χ2n) is 25.0. The lowest BCUT2D eigenvalue weighted by molar-refractivity contribution is -0.920. The summed E-state index contributed by atoms with van der Waals surface area (Å²) < 4.78 is 4.41. The normalized spacial score (nSPS) is 25.1. The van der Waals surface area contributed by atoms with Crippen molar-refractivity contribution in [2.24, 2.45) is 47.3 Å². The van der Waals surface area contributed by atoms with Gasteiger partial charge in [-0.2, -0.15) is 0 Å². The fourth-order valence-electron chi connectivity index (χ4n) is 15.9. The van der Waals surface area contributed by atoms with E-state index in [9.17, 15) is 0 Å². The van der Waals surface area contributed by atoms with Gasteiger partial charge in [0, 0.05) is 24.3 Å². The van der Waals surface area contributed by atoms with Crippen LogP contribution in [-0.4, -0.2) is 0 Å². The third kappa shape index (κ3) is 19.4. The van der Waals surface area contributed by atoms with Crippen LogP contribution in [0.15, 0.2) is 55.4 Å². The van der Waals surface area contributed by atoms with Crippen molar-refractivity contribution in [3.05, 3.63) is 66.8 Å². The molecular formula is C67H112N2+2. The summed E-state index contributed by atoms with van der Waals surface area (Å²) >= 11 is 0. The number of hydrogen-bond donors (Lipinski definition) is 0. The largest absolute Gasteiger partial charge is 0.344 e. The molecular weight excluding hydrogens is 833 g/mol. The zero-order chi connectivity index (χ0) is 47.4. The van der Waals surface area contributed by atoms with E-state index in [1.54, 1.807) is 103 Å². The minimum atomic E-state index is 0.866. The molecule has 0 atom stereocenters. The Labute approximate surface area is 428 Å². The second kappa shape index (κ2) is 33.0. The van der Waals surface area contributed by atoms with Crippen LogP contribution < -0.4 is 9.13 Å².